The lowest BCUT2D eigenvalue weighted by Crippen LogP contribution is -2.05. The molecule has 6 heteroatoms. The Hall–Kier alpha value is -0.980. The van der Waals surface area contributed by atoms with Gasteiger partial charge in [0.05, 0.1) is 18.7 Å². The number of methoxy groups -OCH3 is 1. The number of hydrogen-bond acceptors (Lipinski definition) is 5. The number of carbonyl (C=O) groups is 1. The van der Waals surface area contributed by atoms with Gasteiger partial charge in [-0.1, -0.05) is 0 Å². The number of nitrogens with zero attached hydrogens (tertiary/aromatic N) is 1. The molecule has 2 N–H and O–H groups in total. The van der Waals surface area contributed by atoms with E-state index in [0.717, 1.165) is 5.01 Å². The fraction of sp³-hybridized carbons (Fsp3) is 0.500. The summed E-state index contributed by atoms with van der Waals surface area (Å²) in [6.45, 7) is 0.379. The summed E-state index contributed by atoms with van der Waals surface area (Å²) in [5.74, 6) is -1.04. The van der Waals surface area contributed by atoms with Crippen LogP contribution in [0, 0.1) is 0 Å². The van der Waals surface area contributed by atoms with Crippen molar-refractivity contribution in [2.24, 2.45) is 0 Å². The summed E-state index contributed by atoms with van der Waals surface area (Å²) < 4.78 is 4.85. The number of ether oxygens (including phenoxy) is 1. The molecule has 1 rings (SSSR count). The summed E-state index contributed by atoms with van der Waals surface area (Å²) in [6, 6.07) is 0. The van der Waals surface area contributed by atoms with Crippen LogP contribution in [0.3, 0.4) is 0 Å². The van der Waals surface area contributed by atoms with Crippen LogP contribution in [0.15, 0.2) is 5.38 Å². The first kappa shape index (κ1) is 11.1. The topological polar surface area (TPSA) is 79.7 Å². The molecule has 0 fully saturated rings. The highest BCUT2D eigenvalue weighted by Crippen LogP contribution is 2.19. The third-order valence-electron chi connectivity index (χ3n) is 1.55. The van der Waals surface area contributed by atoms with Crippen molar-refractivity contribution in [3.05, 3.63) is 16.1 Å². The van der Waals surface area contributed by atoms with Crippen LogP contribution in [0.5, 0.6) is 0 Å². The van der Waals surface area contributed by atoms with Gasteiger partial charge in [0.2, 0.25) is 0 Å². The molecule has 0 saturated heterocycles. The molecule has 5 nitrogen and oxygen atoms in total. The molecule has 0 spiro atoms. The normalized spacial score (nSPS) is 12.7. The number of aliphatic carboxylic acids is 1. The number of rotatable bonds is 5. The molecule has 0 saturated carbocycles. The van der Waals surface area contributed by atoms with Gasteiger partial charge in [-0.2, -0.15) is 0 Å². The molecule has 0 aromatic carbocycles. The summed E-state index contributed by atoms with van der Waals surface area (Å²) in [5.41, 5.74) is 0.393. The van der Waals surface area contributed by atoms with Crippen molar-refractivity contribution in [1.82, 2.24) is 4.98 Å². The molecule has 0 aliphatic carbocycles. The standard InChI is InChI=1S/C8H11NO4S/c1-13-3-7-9-5(4-14-7)6(10)2-8(11)12/h4,6,10H,2-3H2,1H3,(H,11,12). The van der Waals surface area contributed by atoms with E-state index in [-0.39, 0.29) is 6.42 Å². The lowest BCUT2D eigenvalue weighted by Gasteiger charge is -2.02. The molecule has 0 radical (unpaired) electrons. The highest BCUT2D eigenvalue weighted by Gasteiger charge is 2.15. The monoisotopic (exact) mass is 217 g/mol. The average Bonchev–Trinajstić information content (AvgIpc) is 2.52. The van der Waals surface area contributed by atoms with E-state index in [2.05, 4.69) is 4.98 Å². The summed E-state index contributed by atoms with van der Waals surface area (Å²) >= 11 is 1.34. The molecule has 1 atom stereocenters. The van der Waals surface area contributed by atoms with Crippen molar-refractivity contribution in [3.63, 3.8) is 0 Å². The maximum Gasteiger partial charge on any atom is 0.306 e. The third-order valence-corrected chi connectivity index (χ3v) is 2.39. The summed E-state index contributed by atoms with van der Waals surface area (Å²) in [4.78, 5) is 14.3. The van der Waals surface area contributed by atoms with Crippen molar-refractivity contribution in [3.8, 4) is 0 Å². The van der Waals surface area contributed by atoms with Crippen LogP contribution < -0.4 is 0 Å². The minimum Gasteiger partial charge on any atom is -0.481 e. The zero-order valence-electron chi connectivity index (χ0n) is 7.64. The minimum absolute atomic E-state index is 0.323. The smallest absolute Gasteiger partial charge is 0.306 e. The van der Waals surface area contributed by atoms with Gasteiger partial charge in [0.25, 0.3) is 0 Å². The van der Waals surface area contributed by atoms with Crippen molar-refractivity contribution in [2.75, 3.05) is 7.11 Å². The Morgan fingerprint density at radius 3 is 3.07 bits per heavy atom. The van der Waals surface area contributed by atoms with Gasteiger partial charge in [0, 0.05) is 12.5 Å². The van der Waals surface area contributed by atoms with Gasteiger partial charge in [0.15, 0.2) is 0 Å². The van der Waals surface area contributed by atoms with Gasteiger partial charge in [-0.15, -0.1) is 11.3 Å². The minimum atomic E-state index is -1.04. The Balaban J connectivity index is 2.61. The van der Waals surface area contributed by atoms with Crippen LogP contribution in [0.2, 0.25) is 0 Å². The van der Waals surface area contributed by atoms with Crippen molar-refractivity contribution >= 4 is 17.3 Å². The SMILES string of the molecule is COCc1nc(C(O)CC(=O)O)cs1. The van der Waals surface area contributed by atoms with E-state index >= 15 is 0 Å². The van der Waals surface area contributed by atoms with Crippen LogP contribution in [-0.4, -0.2) is 28.3 Å². The average molecular weight is 217 g/mol. The van der Waals surface area contributed by atoms with E-state index in [1.165, 1.54) is 11.3 Å². The Morgan fingerprint density at radius 2 is 2.50 bits per heavy atom. The van der Waals surface area contributed by atoms with E-state index in [9.17, 15) is 9.90 Å². The number of aromatic nitrogens is 1. The molecule has 1 unspecified atom stereocenters. The zero-order valence-corrected chi connectivity index (χ0v) is 8.45. The molecule has 14 heavy (non-hydrogen) atoms. The molecule has 1 heterocycles. The van der Waals surface area contributed by atoms with Gasteiger partial charge < -0.3 is 14.9 Å². The van der Waals surface area contributed by atoms with E-state index in [4.69, 9.17) is 9.84 Å². The molecule has 1 aromatic heterocycles. The first-order chi connectivity index (χ1) is 6.63. The van der Waals surface area contributed by atoms with Crippen molar-refractivity contribution in [2.45, 2.75) is 19.1 Å². The molecule has 0 aliphatic rings. The van der Waals surface area contributed by atoms with Gasteiger partial charge in [-0.05, 0) is 0 Å². The van der Waals surface area contributed by atoms with E-state index in [1.807, 2.05) is 0 Å². The van der Waals surface area contributed by atoms with Crippen LogP contribution in [0.1, 0.15) is 23.2 Å². The number of aliphatic hydroxyl groups excluding tert-OH is 1. The number of thiazole rings is 1. The number of carboxylic acid groups (broad SMARTS) is 1. The molecular formula is C8H11NO4S. The van der Waals surface area contributed by atoms with E-state index in [1.54, 1.807) is 12.5 Å². The Labute approximate surface area is 85.0 Å². The quantitative estimate of drug-likeness (QED) is 0.762. The molecule has 78 valence electrons. The summed E-state index contributed by atoms with van der Waals surface area (Å²) in [7, 11) is 1.55. The number of carboxylic acids is 1. The van der Waals surface area contributed by atoms with Crippen molar-refractivity contribution in [1.29, 1.82) is 0 Å². The van der Waals surface area contributed by atoms with Crippen LogP contribution in [0.4, 0.5) is 0 Å². The first-order valence-electron chi connectivity index (χ1n) is 3.96. The molecule has 0 bridgehead atoms. The fourth-order valence-electron chi connectivity index (χ4n) is 0.938. The second kappa shape index (κ2) is 5.04. The maximum absolute atomic E-state index is 10.3. The fourth-order valence-corrected chi connectivity index (χ4v) is 1.75. The lowest BCUT2D eigenvalue weighted by molar-refractivity contribution is -0.139. The maximum atomic E-state index is 10.3. The van der Waals surface area contributed by atoms with E-state index in [0.29, 0.717) is 12.3 Å². The third kappa shape index (κ3) is 3.06. The molecule has 0 amide bonds. The highest BCUT2D eigenvalue weighted by atomic mass is 32.1. The first-order valence-corrected chi connectivity index (χ1v) is 4.84. The number of aliphatic hydroxyl groups is 1. The van der Waals surface area contributed by atoms with Gasteiger partial charge in [-0.25, -0.2) is 4.98 Å². The Kier molecular flexibility index (Phi) is 3.99. The largest absolute Gasteiger partial charge is 0.481 e. The Morgan fingerprint density at radius 1 is 1.79 bits per heavy atom. The predicted molar refractivity (Wildman–Crippen MR) is 50.0 cm³/mol. The zero-order chi connectivity index (χ0) is 10.6. The van der Waals surface area contributed by atoms with Gasteiger partial charge in [-0.3, -0.25) is 4.79 Å². The Bertz CT molecular complexity index is 312. The number of hydrogen-bond donors (Lipinski definition) is 2. The van der Waals surface area contributed by atoms with Crippen LogP contribution in [-0.2, 0) is 16.1 Å². The van der Waals surface area contributed by atoms with Crippen LogP contribution in [0.25, 0.3) is 0 Å². The molecule has 1 aromatic rings. The van der Waals surface area contributed by atoms with Crippen LogP contribution >= 0.6 is 11.3 Å². The van der Waals surface area contributed by atoms with Gasteiger partial charge >= 0.3 is 5.97 Å². The molecule has 0 aliphatic heterocycles. The second-order valence-electron chi connectivity index (χ2n) is 2.71. The summed E-state index contributed by atoms with van der Waals surface area (Å²) in [5, 5.41) is 20.2. The second-order valence-corrected chi connectivity index (χ2v) is 3.66. The van der Waals surface area contributed by atoms with Gasteiger partial charge in [0.1, 0.15) is 11.1 Å². The predicted octanol–water partition coefficient (Wildman–Crippen LogP) is 0.798. The lowest BCUT2D eigenvalue weighted by atomic mass is 10.2. The highest BCUT2D eigenvalue weighted by molar-refractivity contribution is 7.09. The van der Waals surface area contributed by atoms with E-state index < -0.39 is 12.1 Å². The van der Waals surface area contributed by atoms with Crippen molar-refractivity contribution < 1.29 is 19.7 Å². The molecular weight excluding hydrogens is 206 g/mol. The summed E-state index contributed by atoms with van der Waals surface area (Å²) in [6.07, 6.45) is -1.36.